The van der Waals surface area contributed by atoms with Crippen molar-refractivity contribution in [2.75, 3.05) is 25.0 Å². The van der Waals surface area contributed by atoms with Crippen molar-refractivity contribution in [1.82, 2.24) is 4.31 Å². The van der Waals surface area contributed by atoms with Gasteiger partial charge in [-0.05, 0) is 42.8 Å². The van der Waals surface area contributed by atoms with Gasteiger partial charge in [-0.15, -0.1) is 0 Å². The molecule has 0 fully saturated rings. The number of anilines is 1. The lowest BCUT2D eigenvalue weighted by Gasteiger charge is -2.20. The Morgan fingerprint density at radius 2 is 1.86 bits per heavy atom. The zero-order valence-electron chi connectivity index (χ0n) is 15.8. The Kier molecular flexibility index (Phi) is 7.40. The normalized spacial score (nSPS) is 11.5. The van der Waals surface area contributed by atoms with Gasteiger partial charge in [0, 0.05) is 23.8 Å². The monoisotopic (exact) mass is 428 g/mol. The number of nitrogens with one attached hydrogen (secondary N) is 1. The number of carbonyl (C=O) groups excluding carboxylic acids is 1. The highest BCUT2D eigenvalue weighted by atomic mass is 35.5. The van der Waals surface area contributed by atoms with Crippen molar-refractivity contribution in [2.24, 2.45) is 0 Å². The summed E-state index contributed by atoms with van der Waals surface area (Å²) in [6, 6.07) is 8.20. The third-order valence-electron chi connectivity index (χ3n) is 4.06. The van der Waals surface area contributed by atoms with Crippen LogP contribution in [0.25, 0.3) is 0 Å². The fraction of sp³-hybridized carbons (Fsp3) is 0.316. The molecular weight excluding hydrogens is 407 g/mol. The quantitative estimate of drug-likeness (QED) is 0.693. The van der Waals surface area contributed by atoms with Gasteiger partial charge < -0.3 is 10.1 Å². The predicted molar refractivity (Wildman–Crippen MR) is 107 cm³/mol. The van der Waals surface area contributed by atoms with Gasteiger partial charge in [-0.25, -0.2) is 12.8 Å². The third-order valence-corrected chi connectivity index (χ3v) is 6.37. The SMILES string of the molecule is CCN(CC)S(=O)(=O)c1cc(Cl)ccc1OCC(=O)Nc1cc(F)ccc1C. The van der Waals surface area contributed by atoms with Crippen molar-refractivity contribution >= 4 is 33.2 Å². The van der Waals surface area contributed by atoms with Crippen LogP contribution < -0.4 is 10.1 Å². The van der Waals surface area contributed by atoms with Gasteiger partial charge >= 0.3 is 0 Å². The molecule has 0 saturated heterocycles. The molecule has 2 aromatic carbocycles. The fourth-order valence-corrected chi connectivity index (χ4v) is 4.42. The molecule has 0 aliphatic rings. The van der Waals surface area contributed by atoms with Gasteiger partial charge in [0.05, 0.1) is 0 Å². The molecule has 0 aromatic heterocycles. The van der Waals surface area contributed by atoms with Gasteiger partial charge in [0.1, 0.15) is 16.5 Å². The molecule has 28 heavy (non-hydrogen) atoms. The first kappa shape index (κ1) is 22.1. The molecule has 0 aliphatic heterocycles. The molecule has 0 spiro atoms. The molecule has 0 unspecified atom stereocenters. The zero-order chi connectivity index (χ0) is 20.9. The summed E-state index contributed by atoms with van der Waals surface area (Å²) >= 11 is 5.96. The number of hydrogen-bond donors (Lipinski definition) is 1. The van der Waals surface area contributed by atoms with E-state index in [0.717, 1.165) is 0 Å². The Morgan fingerprint density at radius 1 is 1.18 bits per heavy atom. The van der Waals surface area contributed by atoms with E-state index in [1.807, 2.05) is 0 Å². The Balaban J connectivity index is 2.20. The molecule has 2 aromatic rings. The topological polar surface area (TPSA) is 75.7 Å². The molecule has 0 radical (unpaired) electrons. The van der Waals surface area contributed by atoms with Crippen molar-refractivity contribution in [3.8, 4) is 5.75 Å². The Morgan fingerprint density at radius 3 is 2.50 bits per heavy atom. The molecule has 9 heteroatoms. The Labute approximate surface area is 169 Å². The minimum Gasteiger partial charge on any atom is -0.482 e. The highest BCUT2D eigenvalue weighted by Crippen LogP contribution is 2.30. The van der Waals surface area contributed by atoms with E-state index in [9.17, 15) is 17.6 Å². The fourth-order valence-electron chi connectivity index (χ4n) is 2.56. The second-order valence-corrected chi connectivity index (χ2v) is 8.32. The number of amides is 1. The van der Waals surface area contributed by atoms with Crippen LogP contribution in [0.4, 0.5) is 10.1 Å². The third kappa shape index (κ3) is 5.21. The van der Waals surface area contributed by atoms with E-state index < -0.39 is 28.4 Å². The maximum absolute atomic E-state index is 13.3. The van der Waals surface area contributed by atoms with Crippen LogP contribution in [-0.2, 0) is 14.8 Å². The summed E-state index contributed by atoms with van der Waals surface area (Å²) < 4.78 is 45.7. The van der Waals surface area contributed by atoms with Crippen LogP contribution in [0.3, 0.4) is 0 Å². The van der Waals surface area contributed by atoms with Crippen molar-refractivity contribution in [3.63, 3.8) is 0 Å². The van der Waals surface area contributed by atoms with Crippen LogP contribution in [0.2, 0.25) is 5.02 Å². The highest BCUT2D eigenvalue weighted by Gasteiger charge is 2.26. The minimum absolute atomic E-state index is 0.0161. The second kappa shape index (κ2) is 9.36. The molecule has 2 rings (SSSR count). The number of benzene rings is 2. The lowest BCUT2D eigenvalue weighted by Crippen LogP contribution is -2.31. The summed E-state index contributed by atoms with van der Waals surface area (Å²) in [7, 11) is -3.83. The number of carbonyl (C=O) groups is 1. The first-order chi connectivity index (χ1) is 13.2. The van der Waals surface area contributed by atoms with E-state index >= 15 is 0 Å². The number of sulfonamides is 1. The van der Waals surface area contributed by atoms with E-state index in [0.29, 0.717) is 11.3 Å². The van der Waals surface area contributed by atoms with E-state index in [-0.39, 0.29) is 28.8 Å². The van der Waals surface area contributed by atoms with Crippen LogP contribution in [-0.4, -0.2) is 38.3 Å². The number of nitrogens with zero attached hydrogens (tertiary/aromatic N) is 1. The molecule has 0 heterocycles. The highest BCUT2D eigenvalue weighted by molar-refractivity contribution is 7.89. The van der Waals surface area contributed by atoms with E-state index in [4.69, 9.17) is 16.3 Å². The lowest BCUT2D eigenvalue weighted by molar-refractivity contribution is -0.118. The van der Waals surface area contributed by atoms with Gasteiger partial charge in [-0.3, -0.25) is 4.79 Å². The Hall–Kier alpha value is -2.16. The first-order valence-corrected chi connectivity index (χ1v) is 10.5. The van der Waals surface area contributed by atoms with Crippen molar-refractivity contribution in [3.05, 3.63) is 52.8 Å². The molecule has 0 aliphatic carbocycles. The van der Waals surface area contributed by atoms with Gasteiger partial charge in [0.2, 0.25) is 10.0 Å². The van der Waals surface area contributed by atoms with E-state index in [1.54, 1.807) is 26.8 Å². The van der Waals surface area contributed by atoms with Crippen LogP contribution in [0.15, 0.2) is 41.3 Å². The summed E-state index contributed by atoms with van der Waals surface area (Å²) in [6.45, 7) is 5.29. The maximum atomic E-state index is 13.3. The van der Waals surface area contributed by atoms with E-state index in [2.05, 4.69) is 5.32 Å². The summed E-state index contributed by atoms with van der Waals surface area (Å²) in [5.41, 5.74) is 1.01. The van der Waals surface area contributed by atoms with Crippen molar-refractivity contribution in [2.45, 2.75) is 25.7 Å². The van der Waals surface area contributed by atoms with Crippen LogP contribution in [0, 0.1) is 12.7 Å². The molecule has 1 N–H and O–H groups in total. The largest absolute Gasteiger partial charge is 0.482 e. The number of aryl methyl sites for hydroxylation is 1. The molecule has 0 saturated carbocycles. The van der Waals surface area contributed by atoms with E-state index in [1.165, 1.54) is 34.6 Å². The molecule has 1 amide bonds. The standard InChI is InChI=1S/C19H22ClFN2O4S/c1-4-23(5-2)28(25,26)18-10-14(20)7-9-17(18)27-12-19(24)22-16-11-15(21)8-6-13(16)3/h6-11H,4-5,12H2,1-3H3,(H,22,24). The van der Waals surface area contributed by atoms with Crippen LogP contribution >= 0.6 is 11.6 Å². The summed E-state index contributed by atoms with van der Waals surface area (Å²) in [6.07, 6.45) is 0. The number of hydrogen-bond acceptors (Lipinski definition) is 4. The zero-order valence-corrected chi connectivity index (χ0v) is 17.4. The molecular formula is C19H22ClFN2O4S. The minimum atomic E-state index is -3.83. The maximum Gasteiger partial charge on any atom is 0.262 e. The average molecular weight is 429 g/mol. The Bertz CT molecular complexity index is 962. The molecule has 0 atom stereocenters. The summed E-state index contributed by atoms with van der Waals surface area (Å²) in [5.74, 6) is -1.01. The van der Waals surface area contributed by atoms with Gasteiger partial charge in [0.15, 0.2) is 6.61 Å². The van der Waals surface area contributed by atoms with Gasteiger partial charge in [0.25, 0.3) is 5.91 Å². The first-order valence-electron chi connectivity index (χ1n) is 8.67. The predicted octanol–water partition coefficient (Wildman–Crippen LogP) is 3.84. The second-order valence-electron chi connectivity index (χ2n) is 5.98. The molecule has 6 nitrogen and oxygen atoms in total. The lowest BCUT2D eigenvalue weighted by atomic mass is 10.2. The molecule has 0 bridgehead atoms. The van der Waals surface area contributed by atoms with Crippen molar-refractivity contribution < 1.29 is 22.3 Å². The summed E-state index contributed by atoms with van der Waals surface area (Å²) in [4.78, 5) is 12.1. The van der Waals surface area contributed by atoms with Gasteiger partial charge in [-0.1, -0.05) is 31.5 Å². The smallest absolute Gasteiger partial charge is 0.262 e. The average Bonchev–Trinajstić information content (AvgIpc) is 2.64. The number of halogens is 2. The number of rotatable bonds is 8. The molecule has 152 valence electrons. The summed E-state index contributed by atoms with van der Waals surface area (Å²) in [5, 5.41) is 2.78. The van der Waals surface area contributed by atoms with Crippen molar-refractivity contribution in [1.29, 1.82) is 0 Å². The number of ether oxygens (including phenoxy) is 1. The van der Waals surface area contributed by atoms with Crippen LogP contribution in [0.1, 0.15) is 19.4 Å². The van der Waals surface area contributed by atoms with Crippen LogP contribution in [0.5, 0.6) is 5.75 Å². The van der Waals surface area contributed by atoms with Gasteiger partial charge in [-0.2, -0.15) is 4.31 Å².